The maximum absolute atomic E-state index is 12.7. The normalized spacial score (nSPS) is 11.2. The van der Waals surface area contributed by atoms with E-state index < -0.39 is 17.8 Å². The van der Waals surface area contributed by atoms with Gasteiger partial charge in [-0.25, -0.2) is 4.79 Å². The molecular weight excluding hydrogens is 343 g/mol. The Morgan fingerprint density at radius 2 is 1.92 bits per heavy atom. The van der Waals surface area contributed by atoms with Crippen LogP contribution in [0.25, 0.3) is 0 Å². The number of nitrogens with one attached hydrogen (secondary N) is 1. The van der Waals surface area contributed by atoms with Crippen LogP contribution >= 0.6 is 11.6 Å². The van der Waals surface area contributed by atoms with E-state index in [4.69, 9.17) is 11.6 Å². The molecule has 128 valence electrons. The molecule has 1 aromatic carbocycles. The summed E-state index contributed by atoms with van der Waals surface area (Å²) in [6.45, 7) is 0.395. The monoisotopic (exact) mass is 357 g/mol. The molecule has 24 heavy (non-hydrogen) atoms. The van der Waals surface area contributed by atoms with Crippen molar-refractivity contribution < 1.29 is 18.0 Å². The highest BCUT2D eigenvalue weighted by molar-refractivity contribution is 6.33. The number of alkyl halides is 3. The molecule has 0 saturated heterocycles. The third-order valence-corrected chi connectivity index (χ3v) is 3.70. The van der Waals surface area contributed by atoms with Crippen LogP contribution in [0, 0.1) is 0 Å². The van der Waals surface area contributed by atoms with E-state index in [0.29, 0.717) is 13.0 Å². The Balaban J connectivity index is 2.01. The van der Waals surface area contributed by atoms with Crippen LogP contribution in [0.4, 0.5) is 23.7 Å². The zero-order valence-corrected chi connectivity index (χ0v) is 13.5. The largest absolute Gasteiger partial charge is 0.416 e. The number of aromatic nitrogens is 1. The van der Waals surface area contributed by atoms with Gasteiger partial charge in [0.05, 0.1) is 16.3 Å². The number of pyridine rings is 1. The summed E-state index contributed by atoms with van der Waals surface area (Å²) in [5, 5.41) is 2.44. The molecule has 0 saturated carbocycles. The summed E-state index contributed by atoms with van der Waals surface area (Å²) < 4.78 is 38.2. The highest BCUT2D eigenvalue weighted by Crippen LogP contribution is 2.33. The Bertz CT molecular complexity index is 707. The van der Waals surface area contributed by atoms with Crippen LogP contribution in [-0.4, -0.2) is 29.5 Å². The van der Waals surface area contributed by atoms with Gasteiger partial charge in [-0.1, -0.05) is 11.6 Å². The number of hydrogen-bond acceptors (Lipinski definition) is 2. The van der Waals surface area contributed by atoms with E-state index in [0.717, 1.165) is 23.8 Å². The topological polar surface area (TPSA) is 45.2 Å². The summed E-state index contributed by atoms with van der Waals surface area (Å²) >= 11 is 5.86. The molecule has 0 spiro atoms. The molecule has 1 heterocycles. The van der Waals surface area contributed by atoms with Gasteiger partial charge < -0.3 is 10.2 Å². The fraction of sp³-hybridized carbons (Fsp3) is 0.250. The van der Waals surface area contributed by atoms with Crippen LogP contribution in [0.2, 0.25) is 5.02 Å². The van der Waals surface area contributed by atoms with Crippen LogP contribution < -0.4 is 5.32 Å². The summed E-state index contributed by atoms with van der Waals surface area (Å²) in [4.78, 5) is 17.4. The van der Waals surface area contributed by atoms with Crippen molar-refractivity contribution in [2.75, 3.05) is 18.9 Å². The third-order valence-electron chi connectivity index (χ3n) is 3.37. The zero-order valence-electron chi connectivity index (χ0n) is 12.8. The molecule has 2 amide bonds. The number of carbonyl (C=O) groups excluding carboxylic acids is 1. The van der Waals surface area contributed by atoms with E-state index in [1.807, 2.05) is 12.1 Å². The minimum atomic E-state index is -4.50. The van der Waals surface area contributed by atoms with Gasteiger partial charge in [0.1, 0.15) is 0 Å². The quantitative estimate of drug-likeness (QED) is 0.878. The van der Waals surface area contributed by atoms with Crippen LogP contribution in [0.5, 0.6) is 0 Å². The summed E-state index contributed by atoms with van der Waals surface area (Å²) in [6.07, 6.45) is -0.601. The summed E-state index contributed by atoms with van der Waals surface area (Å²) in [5.74, 6) is 0. The number of amides is 2. The van der Waals surface area contributed by atoms with E-state index >= 15 is 0 Å². The van der Waals surface area contributed by atoms with Crippen molar-refractivity contribution in [3.8, 4) is 0 Å². The Hall–Kier alpha value is -2.28. The third kappa shape index (κ3) is 4.86. The van der Waals surface area contributed by atoms with Crippen molar-refractivity contribution in [3.05, 3.63) is 58.9 Å². The molecule has 2 rings (SSSR count). The second-order valence-corrected chi connectivity index (χ2v) is 5.56. The van der Waals surface area contributed by atoms with E-state index in [9.17, 15) is 18.0 Å². The second-order valence-electron chi connectivity index (χ2n) is 5.15. The summed E-state index contributed by atoms with van der Waals surface area (Å²) in [7, 11) is 1.55. The van der Waals surface area contributed by atoms with Gasteiger partial charge in [-0.3, -0.25) is 4.98 Å². The maximum Gasteiger partial charge on any atom is 0.416 e. The first-order valence-electron chi connectivity index (χ1n) is 7.05. The predicted molar refractivity (Wildman–Crippen MR) is 86.0 cm³/mol. The molecule has 0 fully saturated rings. The number of hydrogen-bond donors (Lipinski definition) is 1. The van der Waals surface area contributed by atoms with E-state index in [2.05, 4.69) is 10.3 Å². The van der Waals surface area contributed by atoms with Gasteiger partial charge in [0.15, 0.2) is 0 Å². The van der Waals surface area contributed by atoms with Crippen molar-refractivity contribution in [1.29, 1.82) is 0 Å². The first-order valence-corrected chi connectivity index (χ1v) is 7.43. The molecule has 0 bridgehead atoms. The number of rotatable bonds is 4. The smallest absolute Gasteiger partial charge is 0.327 e. The van der Waals surface area contributed by atoms with E-state index in [-0.39, 0.29) is 10.7 Å². The highest BCUT2D eigenvalue weighted by atomic mass is 35.5. The Morgan fingerprint density at radius 1 is 1.25 bits per heavy atom. The van der Waals surface area contributed by atoms with Crippen LogP contribution in [0.1, 0.15) is 11.1 Å². The van der Waals surface area contributed by atoms with Gasteiger partial charge >= 0.3 is 12.2 Å². The molecule has 4 nitrogen and oxygen atoms in total. The SMILES string of the molecule is CN(CCc1ccncc1)C(=O)Nc1cc(C(F)(F)F)ccc1Cl. The minimum absolute atomic E-state index is 0.0406. The fourth-order valence-corrected chi connectivity index (χ4v) is 2.12. The summed E-state index contributed by atoms with van der Waals surface area (Å²) in [5.41, 5.74) is 0.0515. The number of nitrogens with zero attached hydrogens (tertiary/aromatic N) is 2. The lowest BCUT2D eigenvalue weighted by Gasteiger charge is -2.19. The second kappa shape index (κ2) is 7.53. The lowest BCUT2D eigenvalue weighted by Crippen LogP contribution is -2.33. The number of carbonyl (C=O) groups is 1. The Morgan fingerprint density at radius 3 is 2.54 bits per heavy atom. The standard InChI is InChI=1S/C16H15ClF3N3O/c1-23(9-6-11-4-7-21-8-5-11)15(24)22-14-10-12(16(18,19)20)2-3-13(14)17/h2-5,7-8,10H,6,9H2,1H3,(H,22,24). The summed E-state index contributed by atoms with van der Waals surface area (Å²) in [6, 6.07) is 5.91. The molecule has 1 aromatic heterocycles. The average molecular weight is 358 g/mol. The Labute approximate surface area is 142 Å². The number of halogens is 4. The lowest BCUT2D eigenvalue weighted by molar-refractivity contribution is -0.137. The minimum Gasteiger partial charge on any atom is -0.327 e. The molecular formula is C16H15ClF3N3O. The van der Waals surface area contributed by atoms with Crippen LogP contribution in [0.15, 0.2) is 42.7 Å². The maximum atomic E-state index is 12.7. The molecule has 0 unspecified atom stereocenters. The number of benzene rings is 1. The van der Waals surface area contributed by atoms with E-state index in [1.165, 1.54) is 4.90 Å². The van der Waals surface area contributed by atoms with Gasteiger partial charge in [-0.15, -0.1) is 0 Å². The van der Waals surface area contributed by atoms with Crippen molar-refractivity contribution in [3.63, 3.8) is 0 Å². The first-order chi connectivity index (χ1) is 11.3. The number of anilines is 1. The molecule has 0 radical (unpaired) electrons. The molecule has 0 aliphatic rings. The van der Waals surface area contributed by atoms with Gasteiger partial charge in [0.25, 0.3) is 0 Å². The molecule has 0 aliphatic heterocycles. The molecule has 8 heteroatoms. The van der Waals surface area contributed by atoms with Crippen LogP contribution in [-0.2, 0) is 12.6 Å². The van der Waals surface area contributed by atoms with Crippen molar-refractivity contribution in [2.24, 2.45) is 0 Å². The highest BCUT2D eigenvalue weighted by Gasteiger charge is 2.31. The van der Waals surface area contributed by atoms with Crippen molar-refractivity contribution >= 4 is 23.3 Å². The van der Waals surface area contributed by atoms with Crippen molar-refractivity contribution in [1.82, 2.24) is 9.88 Å². The van der Waals surface area contributed by atoms with E-state index in [1.54, 1.807) is 19.4 Å². The van der Waals surface area contributed by atoms with Gasteiger partial charge in [0.2, 0.25) is 0 Å². The molecule has 1 N–H and O–H groups in total. The van der Waals surface area contributed by atoms with Gasteiger partial charge in [-0.2, -0.15) is 13.2 Å². The lowest BCUT2D eigenvalue weighted by atomic mass is 10.2. The molecule has 2 aromatic rings. The Kier molecular flexibility index (Phi) is 5.66. The van der Waals surface area contributed by atoms with Crippen LogP contribution in [0.3, 0.4) is 0 Å². The first kappa shape index (κ1) is 18.1. The fourth-order valence-electron chi connectivity index (χ4n) is 1.96. The predicted octanol–water partition coefficient (Wildman–Crippen LogP) is 4.46. The molecule has 0 atom stereocenters. The zero-order chi connectivity index (χ0) is 17.7. The molecule has 0 aliphatic carbocycles. The number of urea groups is 1. The average Bonchev–Trinajstić information content (AvgIpc) is 2.54. The van der Waals surface area contributed by atoms with Gasteiger partial charge in [-0.05, 0) is 42.3 Å². The van der Waals surface area contributed by atoms with Crippen molar-refractivity contribution in [2.45, 2.75) is 12.6 Å². The van der Waals surface area contributed by atoms with Gasteiger partial charge in [0, 0.05) is 26.0 Å². The number of likely N-dealkylation sites (N-methyl/N-ethyl adjacent to an activating group) is 1.